The van der Waals surface area contributed by atoms with Crippen LogP contribution >= 0.6 is 0 Å². The first-order chi connectivity index (χ1) is 8.96. The highest BCUT2D eigenvalue weighted by Crippen LogP contribution is 2.29. The van der Waals surface area contributed by atoms with Crippen LogP contribution in [-0.2, 0) is 14.8 Å². The molecule has 3 unspecified atom stereocenters. The maximum atomic E-state index is 11.2. The van der Waals surface area contributed by atoms with E-state index in [9.17, 15) is 8.42 Å². The van der Waals surface area contributed by atoms with Crippen LogP contribution in [0.2, 0.25) is 0 Å². The summed E-state index contributed by atoms with van der Waals surface area (Å²) in [6, 6.07) is 0. The van der Waals surface area contributed by atoms with Crippen molar-refractivity contribution in [2.45, 2.75) is 64.9 Å². The molecule has 0 aromatic carbocycles. The molecule has 0 amide bonds. The Bertz CT molecular complexity index is 343. The molecular formula is C14H29NO3S. The van der Waals surface area contributed by atoms with E-state index in [0.29, 0.717) is 18.6 Å². The fourth-order valence-electron chi connectivity index (χ4n) is 3.07. The molecule has 3 atom stereocenters. The molecule has 1 fully saturated rings. The first kappa shape index (κ1) is 16.9. The van der Waals surface area contributed by atoms with Gasteiger partial charge in [-0.25, -0.2) is 13.6 Å². The van der Waals surface area contributed by atoms with Crippen LogP contribution in [0.1, 0.15) is 58.8 Å². The van der Waals surface area contributed by atoms with Crippen molar-refractivity contribution in [2.75, 3.05) is 12.4 Å². The fourth-order valence-corrected chi connectivity index (χ4v) is 3.99. The van der Waals surface area contributed by atoms with Gasteiger partial charge in [0, 0.05) is 0 Å². The highest BCUT2D eigenvalue weighted by Gasteiger charge is 2.25. The summed E-state index contributed by atoms with van der Waals surface area (Å²) in [5.74, 6) is 0.731. The van der Waals surface area contributed by atoms with E-state index in [1.54, 1.807) is 0 Å². The molecule has 4 nitrogen and oxygen atoms in total. The van der Waals surface area contributed by atoms with Crippen LogP contribution in [0.4, 0.5) is 0 Å². The van der Waals surface area contributed by atoms with Crippen LogP contribution in [-0.4, -0.2) is 26.9 Å². The van der Waals surface area contributed by atoms with E-state index in [-0.39, 0.29) is 11.7 Å². The summed E-state index contributed by atoms with van der Waals surface area (Å²) >= 11 is 0. The normalized spacial score (nSPS) is 26.3. The third-order valence-corrected chi connectivity index (χ3v) is 5.01. The van der Waals surface area contributed by atoms with Crippen LogP contribution in [0.15, 0.2) is 0 Å². The second-order valence-corrected chi connectivity index (χ2v) is 7.47. The van der Waals surface area contributed by atoms with Gasteiger partial charge in [-0.3, -0.25) is 0 Å². The molecule has 0 aliphatic heterocycles. The molecule has 0 aromatic heterocycles. The monoisotopic (exact) mass is 291 g/mol. The lowest BCUT2D eigenvalue weighted by Gasteiger charge is -2.32. The van der Waals surface area contributed by atoms with Crippen LogP contribution in [0.5, 0.6) is 0 Å². The van der Waals surface area contributed by atoms with Gasteiger partial charge in [0.1, 0.15) is 0 Å². The number of nitrogens with two attached hydrogens (primary N) is 1. The topological polar surface area (TPSA) is 69.4 Å². The van der Waals surface area contributed by atoms with Crippen molar-refractivity contribution in [2.24, 2.45) is 17.0 Å². The van der Waals surface area contributed by atoms with Gasteiger partial charge in [-0.1, -0.05) is 39.5 Å². The Kier molecular flexibility index (Phi) is 7.32. The van der Waals surface area contributed by atoms with Crippen molar-refractivity contribution < 1.29 is 13.2 Å². The van der Waals surface area contributed by atoms with Crippen LogP contribution in [0, 0.1) is 11.8 Å². The zero-order valence-corrected chi connectivity index (χ0v) is 13.1. The number of ether oxygens (including phenoxy) is 1. The summed E-state index contributed by atoms with van der Waals surface area (Å²) in [5.41, 5.74) is 0. The van der Waals surface area contributed by atoms with E-state index in [4.69, 9.17) is 9.88 Å². The second-order valence-electron chi connectivity index (χ2n) is 5.81. The van der Waals surface area contributed by atoms with Gasteiger partial charge in [0.2, 0.25) is 10.0 Å². The number of primary sulfonamides is 1. The first-order valence-electron chi connectivity index (χ1n) is 7.58. The number of sulfonamides is 1. The minimum atomic E-state index is -3.40. The van der Waals surface area contributed by atoms with Gasteiger partial charge in [0.25, 0.3) is 0 Å². The maximum absolute atomic E-state index is 11.2. The lowest BCUT2D eigenvalue weighted by Crippen LogP contribution is -2.32. The molecule has 1 saturated carbocycles. The molecule has 0 saturated heterocycles. The van der Waals surface area contributed by atoms with E-state index in [1.807, 2.05) is 0 Å². The van der Waals surface area contributed by atoms with Crippen LogP contribution in [0.25, 0.3) is 0 Å². The highest BCUT2D eigenvalue weighted by atomic mass is 32.2. The van der Waals surface area contributed by atoms with E-state index in [1.165, 1.54) is 19.3 Å². The molecule has 0 radical (unpaired) electrons. The van der Waals surface area contributed by atoms with Gasteiger partial charge in [-0.15, -0.1) is 0 Å². The zero-order valence-electron chi connectivity index (χ0n) is 12.3. The van der Waals surface area contributed by atoms with Crippen LogP contribution in [0.3, 0.4) is 0 Å². The van der Waals surface area contributed by atoms with Gasteiger partial charge >= 0.3 is 0 Å². The zero-order chi connectivity index (χ0) is 14.3. The Balaban J connectivity index is 2.45. The molecule has 0 bridgehead atoms. The average molecular weight is 291 g/mol. The van der Waals surface area contributed by atoms with E-state index in [2.05, 4.69) is 13.8 Å². The highest BCUT2D eigenvalue weighted by molar-refractivity contribution is 7.89. The van der Waals surface area contributed by atoms with Crippen molar-refractivity contribution in [1.29, 1.82) is 0 Å². The quantitative estimate of drug-likeness (QED) is 0.747. The van der Waals surface area contributed by atoms with Crippen molar-refractivity contribution in [3.63, 3.8) is 0 Å². The van der Waals surface area contributed by atoms with Crippen LogP contribution < -0.4 is 5.14 Å². The summed E-state index contributed by atoms with van der Waals surface area (Å²) in [6.07, 6.45) is 8.19. The van der Waals surface area contributed by atoms with Crippen molar-refractivity contribution in [1.82, 2.24) is 0 Å². The SMILES string of the molecule is CCCC(COC1CCCCC1CC)CS(N)(=O)=O. The summed E-state index contributed by atoms with van der Waals surface area (Å²) in [4.78, 5) is 0. The molecule has 1 aliphatic carbocycles. The lowest BCUT2D eigenvalue weighted by atomic mass is 9.84. The summed E-state index contributed by atoms with van der Waals surface area (Å²) < 4.78 is 28.4. The Morgan fingerprint density at radius 1 is 1.26 bits per heavy atom. The summed E-state index contributed by atoms with van der Waals surface area (Å²) in [6.45, 7) is 4.80. The third-order valence-electron chi connectivity index (χ3n) is 4.07. The average Bonchev–Trinajstić information content (AvgIpc) is 2.35. The summed E-state index contributed by atoms with van der Waals surface area (Å²) in [7, 11) is -3.40. The molecule has 0 spiro atoms. The van der Waals surface area contributed by atoms with Crippen molar-refractivity contribution in [3.05, 3.63) is 0 Å². The molecule has 0 aromatic rings. The maximum Gasteiger partial charge on any atom is 0.209 e. The summed E-state index contributed by atoms with van der Waals surface area (Å²) in [5, 5.41) is 5.15. The number of hydrogen-bond donors (Lipinski definition) is 1. The molecule has 0 heterocycles. The lowest BCUT2D eigenvalue weighted by molar-refractivity contribution is -0.0263. The minimum absolute atomic E-state index is 0.0411. The predicted octanol–water partition coefficient (Wildman–Crippen LogP) is 2.68. The molecule has 114 valence electrons. The van der Waals surface area contributed by atoms with Gasteiger partial charge in [-0.2, -0.15) is 0 Å². The van der Waals surface area contributed by atoms with Crippen molar-refractivity contribution >= 4 is 10.0 Å². The molecule has 5 heteroatoms. The molecule has 1 rings (SSSR count). The van der Waals surface area contributed by atoms with Gasteiger partial charge < -0.3 is 4.74 Å². The van der Waals surface area contributed by atoms with Gasteiger partial charge in [-0.05, 0) is 31.1 Å². The predicted molar refractivity (Wildman–Crippen MR) is 78.4 cm³/mol. The molecular weight excluding hydrogens is 262 g/mol. The van der Waals surface area contributed by atoms with E-state index < -0.39 is 10.0 Å². The van der Waals surface area contributed by atoms with Gasteiger partial charge in [0.15, 0.2) is 0 Å². The Morgan fingerprint density at radius 2 is 1.95 bits per heavy atom. The Hall–Kier alpha value is -0.130. The molecule has 1 aliphatic rings. The molecule has 19 heavy (non-hydrogen) atoms. The second kappa shape index (κ2) is 8.22. The van der Waals surface area contributed by atoms with E-state index >= 15 is 0 Å². The third kappa shape index (κ3) is 6.72. The molecule has 2 N–H and O–H groups in total. The van der Waals surface area contributed by atoms with E-state index in [0.717, 1.165) is 25.7 Å². The minimum Gasteiger partial charge on any atom is -0.378 e. The smallest absolute Gasteiger partial charge is 0.209 e. The van der Waals surface area contributed by atoms with Gasteiger partial charge in [0.05, 0.1) is 18.5 Å². The Morgan fingerprint density at radius 3 is 2.53 bits per heavy atom. The number of rotatable bonds is 8. The standard InChI is InChI=1S/C14H29NO3S/c1-3-7-12(11-19(15,16)17)10-18-14-9-6-5-8-13(14)4-2/h12-14H,3-11H2,1-2H3,(H2,15,16,17). The number of hydrogen-bond acceptors (Lipinski definition) is 3. The largest absolute Gasteiger partial charge is 0.378 e. The van der Waals surface area contributed by atoms with Crippen molar-refractivity contribution in [3.8, 4) is 0 Å². The first-order valence-corrected chi connectivity index (χ1v) is 9.29. The Labute approximate surface area is 118 Å². The fraction of sp³-hybridized carbons (Fsp3) is 1.00.